The van der Waals surface area contributed by atoms with E-state index in [1.165, 1.54) is 5.56 Å². The monoisotopic (exact) mass is 338 g/mol. The van der Waals surface area contributed by atoms with Gasteiger partial charge in [0.2, 0.25) is 0 Å². The maximum absolute atomic E-state index is 5.89. The fourth-order valence-electron chi connectivity index (χ4n) is 3.09. The van der Waals surface area contributed by atoms with Crippen LogP contribution >= 0.6 is 0 Å². The number of nitrogens with zero attached hydrogens (tertiary/aromatic N) is 6. The van der Waals surface area contributed by atoms with Crippen LogP contribution in [0.1, 0.15) is 11.3 Å². The molecule has 0 spiro atoms. The lowest BCUT2D eigenvalue weighted by molar-refractivity contribution is -0.0405. The first-order valence-electron chi connectivity index (χ1n) is 8.56. The van der Waals surface area contributed by atoms with E-state index in [-0.39, 0.29) is 6.10 Å². The minimum absolute atomic E-state index is 0.150. The summed E-state index contributed by atoms with van der Waals surface area (Å²) >= 11 is 0. The van der Waals surface area contributed by atoms with Crippen molar-refractivity contribution in [3.63, 3.8) is 0 Å². The summed E-state index contributed by atoms with van der Waals surface area (Å²) in [5.41, 5.74) is 3.12. The van der Waals surface area contributed by atoms with Crippen LogP contribution in [0.25, 0.3) is 5.69 Å². The van der Waals surface area contributed by atoms with Gasteiger partial charge in [0.15, 0.2) is 0 Å². The molecule has 1 aromatic carbocycles. The van der Waals surface area contributed by atoms with Crippen molar-refractivity contribution in [2.75, 3.05) is 19.7 Å². The number of morpholine rings is 1. The molecule has 2 aromatic heterocycles. The molecule has 7 heteroatoms. The molecule has 1 aliphatic heterocycles. The third kappa shape index (κ3) is 3.94. The number of hydrogen-bond acceptors (Lipinski definition) is 5. The van der Waals surface area contributed by atoms with Crippen molar-refractivity contribution >= 4 is 0 Å². The van der Waals surface area contributed by atoms with Crippen LogP contribution in [-0.4, -0.2) is 55.5 Å². The molecule has 0 bridgehead atoms. The highest BCUT2D eigenvalue weighted by atomic mass is 16.5. The topological polar surface area (TPSA) is 61.0 Å². The molecular weight excluding hydrogens is 316 g/mol. The number of aryl methyl sites for hydroxylation is 1. The van der Waals surface area contributed by atoms with E-state index in [2.05, 4.69) is 20.2 Å². The zero-order chi connectivity index (χ0) is 17.1. The van der Waals surface area contributed by atoms with Gasteiger partial charge in [0.05, 0.1) is 43.0 Å². The van der Waals surface area contributed by atoms with Crippen molar-refractivity contribution in [1.29, 1.82) is 0 Å². The van der Waals surface area contributed by atoms with E-state index >= 15 is 0 Å². The number of para-hydroxylation sites is 1. The van der Waals surface area contributed by atoms with E-state index in [1.54, 1.807) is 4.80 Å². The van der Waals surface area contributed by atoms with Gasteiger partial charge in [-0.25, -0.2) is 0 Å². The van der Waals surface area contributed by atoms with Gasteiger partial charge in [0.1, 0.15) is 0 Å². The highest BCUT2D eigenvalue weighted by Crippen LogP contribution is 2.12. The van der Waals surface area contributed by atoms with E-state index in [9.17, 15) is 0 Å². The molecule has 7 nitrogen and oxygen atoms in total. The molecule has 4 rings (SSSR count). The molecule has 1 saturated heterocycles. The highest BCUT2D eigenvalue weighted by molar-refractivity contribution is 5.28. The number of benzene rings is 1. The standard InChI is InChI=1S/C18H22N6O/c1-15-9-19-23(11-15)14-18-13-22(7-8-25-18)12-16-10-20-24(21-16)17-5-3-2-4-6-17/h2-6,9-11,18H,7-8,12-14H2,1H3/t18-/m0/s1. The molecule has 1 atom stereocenters. The van der Waals surface area contributed by atoms with E-state index < -0.39 is 0 Å². The maximum atomic E-state index is 5.89. The third-order valence-electron chi connectivity index (χ3n) is 4.29. The molecule has 3 aromatic rings. The van der Waals surface area contributed by atoms with Crippen molar-refractivity contribution in [2.24, 2.45) is 0 Å². The molecule has 1 fully saturated rings. The highest BCUT2D eigenvalue weighted by Gasteiger charge is 2.22. The molecule has 0 N–H and O–H groups in total. The Morgan fingerprint density at radius 3 is 2.84 bits per heavy atom. The molecule has 0 amide bonds. The molecule has 0 radical (unpaired) electrons. The van der Waals surface area contributed by atoms with Gasteiger partial charge in [-0.05, 0) is 24.6 Å². The largest absolute Gasteiger partial charge is 0.374 e. The fraction of sp³-hybridized carbons (Fsp3) is 0.389. The van der Waals surface area contributed by atoms with Crippen LogP contribution in [0.15, 0.2) is 48.9 Å². The Labute approximate surface area is 146 Å². The van der Waals surface area contributed by atoms with Crippen LogP contribution in [0.2, 0.25) is 0 Å². The van der Waals surface area contributed by atoms with Crippen molar-refractivity contribution in [3.05, 3.63) is 60.2 Å². The average molecular weight is 338 g/mol. The Kier molecular flexibility index (Phi) is 4.58. The molecule has 0 aliphatic carbocycles. The summed E-state index contributed by atoms with van der Waals surface area (Å²) < 4.78 is 7.84. The minimum Gasteiger partial charge on any atom is -0.374 e. The van der Waals surface area contributed by atoms with Crippen molar-refractivity contribution < 1.29 is 4.74 Å². The molecule has 3 heterocycles. The second-order valence-corrected chi connectivity index (χ2v) is 6.43. The normalized spacial score (nSPS) is 18.5. The van der Waals surface area contributed by atoms with Crippen LogP contribution in [0.4, 0.5) is 0 Å². The molecular formula is C18H22N6O. The lowest BCUT2D eigenvalue weighted by Gasteiger charge is -2.32. The second kappa shape index (κ2) is 7.16. The number of hydrogen-bond donors (Lipinski definition) is 0. The summed E-state index contributed by atoms with van der Waals surface area (Å²) in [4.78, 5) is 4.05. The van der Waals surface area contributed by atoms with Gasteiger partial charge in [-0.1, -0.05) is 18.2 Å². The first-order valence-corrected chi connectivity index (χ1v) is 8.56. The Morgan fingerprint density at radius 1 is 1.16 bits per heavy atom. The zero-order valence-corrected chi connectivity index (χ0v) is 14.3. The average Bonchev–Trinajstić information content (AvgIpc) is 3.25. The predicted molar refractivity (Wildman–Crippen MR) is 93.3 cm³/mol. The Bertz CT molecular complexity index is 812. The lowest BCUT2D eigenvalue weighted by atomic mass is 10.2. The summed E-state index contributed by atoms with van der Waals surface area (Å²) in [6, 6.07) is 9.97. The molecule has 0 saturated carbocycles. The summed E-state index contributed by atoms with van der Waals surface area (Å²) in [7, 11) is 0. The van der Waals surface area contributed by atoms with Crippen LogP contribution in [0.5, 0.6) is 0 Å². The summed E-state index contributed by atoms with van der Waals surface area (Å²) in [6.45, 7) is 6.13. The minimum atomic E-state index is 0.150. The first kappa shape index (κ1) is 16.0. The number of aromatic nitrogens is 5. The van der Waals surface area contributed by atoms with Gasteiger partial charge in [0.25, 0.3) is 0 Å². The fourth-order valence-corrected chi connectivity index (χ4v) is 3.09. The first-order chi connectivity index (χ1) is 12.3. The predicted octanol–water partition coefficient (Wildman–Crippen LogP) is 1.67. The van der Waals surface area contributed by atoms with Crippen molar-refractivity contribution in [2.45, 2.75) is 26.1 Å². The molecule has 0 unspecified atom stereocenters. The Hall–Kier alpha value is -2.51. The van der Waals surface area contributed by atoms with E-state index in [4.69, 9.17) is 4.74 Å². The number of ether oxygens (including phenoxy) is 1. The maximum Gasteiger partial charge on any atom is 0.0971 e. The number of rotatable bonds is 5. The Balaban J connectivity index is 1.37. The van der Waals surface area contributed by atoms with Crippen LogP contribution in [0.3, 0.4) is 0 Å². The van der Waals surface area contributed by atoms with Gasteiger partial charge >= 0.3 is 0 Å². The zero-order valence-electron chi connectivity index (χ0n) is 14.3. The summed E-state index contributed by atoms with van der Waals surface area (Å²) in [6.07, 6.45) is 5.92. The molecule has 130 valence electrons. The van der Waals surface area contributed by atoms with Crippen LogP contribution < -0.4 is 0 Å². The molecule has 25 heavy (non-hydrogen) atoms. The quantitative estimate of drug-likeness (QED) is 0.708. The van der Waals surface area contributed by atoms with E-state index in [0.717, 1.165) is 44.2 Å². The second-order valence-electron chi connectivity index (χ2n) is 6.43. The third-order valence-corrected chi connectivity index (χ3v) is 4.29. The van der Waals surface area contributed by atoms with Gasteiger partial charge in [-0.2, -0.15) is 20.1 Å². The SMILES string of the molecule is Cc1cnn(C[C@@H]2CN(Cc3cnn(-c4ccccc4)n3)CCO2)c1. The van der Waals surface area contributed by atoms with Gasteiger partial charge in [0, 0.05) is 25.8 Å². The van der Waals surface area contributed by atoms with Gasteiger partial charge in [-0.15, -0.1) is 0 Å². The van der Waals surface area contributed by atoms with Crippen LogP contribution in [-0.2, 0) is 17.8 Å². The van der Waals surface area contributed by atoms with Crippen molar-refractivity contribution in [1.82, 2.24) is 29.7 Å². The smallest absolute Gasteiger partial charge is 0.0971 e. The van der Waals surface area contributed by atoms with Crippen molar-refractivity contribution in [3.8, 4) is 5.69 Å². The molecule has 1 aliphatic rings. The summed E-state index contributed by atoms with van der Waals surface area (Å²) in [5, 5.41) is 13.3. The Morgan fingerprint density at radius 2 is 2.04 bits per heavy atom. The van der Waals surface area contributed by atoms with Gasteiger partial charge < -0.3 is 4.74 Å². The van der Waals surface area contributed by atoms with Gasteiger partial charge in [-0.3, -0.25) is 9.58 Å². The van der Waals surface area contributed by atoms with E-state index in [1.807, 2.05) is 60.5 Å². The summed E-state index contributed by atoms with van der Waals surface area (Å²) in [5.74, 6) is 0. The lowest BCUT2D eigenvalue weighted by Crippen LogP contribution is -2.43. The van der Waals surface area contributed by atoms with E-state index in [0.29, 0.717) is 0 Å². The van der Waals surface area contributed by atoms with Crippen LogP contribution in [0, 0.1) is 6.92 Å².